The van der Waals surface area contributed by atoms with E-state index in [4.69, 9.17) is 21.1 Å². The number of alkyl halides is 1. The zero-order valence-corrected chi connectivity index (χ0v) is 13.2. The van der Waals surface area contributed by atoms with Gasteiger partial charge in [0.15, 0.2) is 0 Å². The molecule has 1 aromatic carbocycles. The van der Waals surface area contributed by atoms with E-state index in [1.165, 1.54) is 5.56 Å². The van der Waals surface area contributed by atoms with Crippen molar-refractivity contribution in [2.45, 2.75) is 45.4 Å². The lowest BCUT2D eigenvalue weighted by atomic mass is 9.86. The quantitative estimate of drug-likeness (QED) is 0.530. The van der Waals surface area contributed by atoms with Crippen molar-refractivity contribution in [3.63, 3.8) is 0 Å². The number of methoxy groups -OCH3 is 1. The summed E-state index contributed by atoms with van der Waals surface area (Å²) in [6.45, 7) is 7.29. The number of rotatable bonds is 7. The smallest absolute Gasteiger partial charge is 0.123 e. The molecule has 0 atom stereocenters. The second-order valence-corrected chi connectivity index (χ2v) is 6.09. The molecule has 3 heteroatoms. The van der Waals surface area contributed by atoms with E-state index in [9.17, 15) is 0 Å². The minimum Gasteiger partial charge on any atom is -0.497 e. The third-order valence-electron chi connectivity index (χ3n) is 3.03. The SMILES string of the molecule is COc1ccc(OCCCCCCl)c(C(C)(C)C)c1. The highest BCUT2D eigenvalue weighted by atomic mass is 35.5. The zero-order valence-electron chi connectivity index (χ0n) is 12.5. The van der Waals surface area contributed by atoms with Gasteiger partial charge in [-0.25, -0.2) is 0 Å². The summed E-state index contributed by atoms with van der Waals surface area (Å²) in [6.07, 6.45) is 3.21. The minimum atomic E-state index is 0.0417. The number of benzene rings is 1. The summed E-state index contributed by atoms with van der Waals surface area (Å²) in [5, 5.41) is 0. The van der Waals surface area contributed by atoms with Gasteiger partial charge in [0.05, 0.1) is 13.7 Å². The Balaban J connectivity index is 2.71. The molecular formula is C16H25ClO2. The van der Waals surface area contributed by atoms with E-state index in [0.717, 1.165) is 43.2 Å². The fourth-order valence-electron chi connectivity index (χ4n) is 1.90. The van der Waals surface area contributed by atoms with Crippen LogP contribution in [0.15, 0.2) is 18.2 Å². The largest absolute Gasteiger partial charge is 0.497 e. The molecule has 0 aliphatic rings. The molecule has 108 valence electrons. The van der Waals surface area contributed by atoms with Crippen LogP contribution in [0.2, 0.25) is 0 Å². The molecule has 0 radical (unpaired) electrons. The maximum Gasteiger partial charge on any atom is 0.123 e. The molecule has 0 bridgehead atoms. The molecule has 0 spiro atoms. The van der Waals surface area contributed by atoms with E-state index >= 15 is 0 Å². The van der Waals surface area contributed by atoms with E-state index in [1.54, 1.807) is 7.11 Å². The van der Waals surface area contributed by atoms with Gasteiger partial charge in [0.25, 0.3) is 0 Å². The lowest BCUT2D eigenvalue weighted by molar-refractivity contribution is 0.297. The van der Waals surface area contributed by atoms with Crippen molar-refractivity contribution in [2.75, 3.05) is 19.6 Å². The molecule has 1 rings (SSSR count). The maximum atomic E-state index is 5.91. The summed E-state index contributed by atoms with van der Waals surface area (Å²) in [5.41, 5.74) is 1.23. The molecule has 0 heterocycles. The average molecular weight is 285 g/mol. The first-order chi connectivity index (χ1) is 8.99. The fraction of sp³-hybridized carbons (Fsp3) is 0.625. The molecule has 2 nitrogen and oxygen atoms in total. The lowest BCUT2D eigenvalue weighted by Gasteiger charge is -2.23. The van der Waals surface area contributed by atoms with Gasteiger partial charge in [0.1, 0.15) is 11.5 Å². The Morgan fingerprint density at radius 3 is 2.42 bits per heavy atom. The van der Waals surface area contributed by atoms with Crippen LogP contribution in [0.25, 0.3) is 0 Å². The van der Waals surface area contributed by atoms with E-state index < -0.39 is 0 Å². The highest BCUT2D eigenvalue weighted by molar-refractivity contribution is 6.17. The Kier molecular flexibility index (Phi) is 6.50. The van der Waals surface area contributed by atoms with Gasteiger partial charge in [0, 0.05) is 11.4 Å². The van der Waals surface area contributed by atoms with Crippen LogP contribution in [-0.4, -0.2) is 19.6 Å². The number of ether oxygens (including phenoxy) is 2. The Bertz CT molecular complexity index is 383. The first-order valence-electron chi connectivity index (χ1n) is 6.86. The van der Waals surface area contributed by atoms with Crippen LogP contribution in [0.1, 0.15) is 45.6 Å². The molecular weight excluding hydrogens is 260 g/mol. The fourth-order valence-corrected chi connectivity index (χ4v) is 2.09. The van der Waals surface area contributed by atoms with Gasteiger partial charge in [-0.3, -0.25) is 0 Å². The highest BCUT2D eigenvalue weighted by Gasteiger charge is 2.19. The van der Waals surface area contributed by atoms with Crippen molar-refractivity contribution in [2.24, 2.45) is 0 Å². The van der Waals surface area contributed by atoms with Gasteiger partial charge in [-0.1, -0.05) is 20.8 Å². The van der Waals surface area contributed by atoms with Crippen LogP contribution in [-0.2, 0) is 5.41 Å². The third-order valence-corrected chi connectivity index (χ3v) is 3.30. The summed E-state index contributed by atoms with van der Waals surface area (Å²) in [5.74, 6) is 2.56. The standard InChI is InChI=1S/C16H25ClO2/c1-16(2,3)14-12-13(18-4)8-9-15(14)19-11-7-5-6-10-17/h8-9,12H,5-7,10-11H2,1-4H3. The van der Waals surface area contributed by atoms with E-state index in [-0.39, 0.29) is 5.41 Å². The van der Waals surface area contributed by atoms with Gasteiger partial charge in [-0.05, 0) is 42.9 Å². The molecule has 0 aromatic heterocycles. The molecule has 0 aliphatic carbocycles. The second kappa shape index (κ2) is 7.64. The predicted octanol–water partition coefficient (Wildman–Crippen LogP) is 4.78. The summed E-state index contributed by atoms with van der Waals surface area (Å²) in [7, 11) is 1.69. The highest BCUT2D eigenvalue weighted by Crippen LogP contribution is 2.34. The third kappa shape index (κ3) is 5.32. The Labute approximate surface area is 122 Å². The van der Waals surface area contributed by atoms with E-state index in [1.807, 2.05) is 12.1 Å². The molecule has 0 saturated carbocycles. The first kappa shape index (κ1) is 16.2. The van der Waals surface area contributed by atoms with Crippen LogP contribution >= 0.6 is 11.6 Å². The van der Waals surface area contributed by atoms with Crippen molar-refractivity contribution in [1.29, 1.82) is 0 Å². The van der Waals surface area contributed by atoms with Crippen molar-refractivity contribution in [3.8, 4) is 11.5 Å². The van der Waals surface area contributed by atoms with Crippen molar-refractivity contribution >= 4 is 11.6 Å². The Hall–Kier alpha value is -0.890. The predicted molar refractivity (Wildman–Crippen MR) is 81.8 cm³/mol. The van der Waals surface area contributed by atoms with Crippen LogP contribution < -0.4 is 9.47 Å². The second-order valence-electron chi connectivity index (χ2n) is 5.71. The number of hydrogen-bond acceptors (Lipinski definition) is 2. The van der Waals surface area contributed by atoms with Gasteiger partial charge in [-0.2, -0.15) is 0 Å². The van der Waals surface area contributed by atoms with E-state index in [0.29, 0.717) is 0 Å². The van der Waals surface area contributed by atoms with Gasteiger partial charge in [-0.15, -0.1) is 11.6 Å². The van der Waals surface area contributed by atoms with Gasteiger partial charge < -0.3 is 9.47 Å². The first-order valence-corrected chi connectivity index (χ1v) is 7.39. The van der Waals surface area contributed by atoms with Crippen molar-refractivity contribution < 1.29 is 9.47 Å². The van der Waals surface area contributed by atoms with Crippen LogP contribution in [0.3, 0.4) is 0 Å². The zero-order chi connectivity index (χ0) is 14.3. The normalized spacial score (nSPS) is 11.4. The molecule has 0 saturated heterocycles. The lowest BCUT2D eigenvalue weighted by Crippen LogP contribution is -2.14. The summed E-state index contributed by atoms with van der Waals surface area (Å²) >= 11 is 5.66. The summed E-state index contributed by atoms with van der Waals surface area (Å²) in [4.78, 5) is 0. The van der Waals surface area contributed by atoms with Gasteiger partial charge >= 0.3 is 0 Å². The minimum absolute atomic E-state index is 0.0417. The Morgan fingerprint density at radius 2 is 1.84 bits per heavy atom. The molecule has 0 fully saturated rings. The number of hydrogen-bond donors (Lipinski definition) is 0. The molecule has 19 heavy (non-hydrogen) atoms. The van der Waals surface area contributed by atoms with Crippen molar-refractivity contribution in [3.05, 3.63) is 23.8 Å². The maximum absolute atomic E-state index is 5.91. The average Bonchev–Trinajstić information content (AvgIpc) is 2.37. The van der Waals surface area contributed by atoms with Gasteiger partial charge in [0.2, 0.25) is 0 Å². The van der Waals surface area contributed by atoms with Crippen LogP contribution in [0.5, 0.6) is 11.5 Å². The molecule has 0 aliphatic heterocycles. The molecule has 0 N–H and O–H groups in total. The number of halogens is 1. The molecule has 0 amide bonds. The summed E-state index contributed by atoms with van der Waals surface area (Å²) in [6, 6.07) is 6.01. The van der Waals surface area contributed by atoms with Crippen molar-refractivity contribution in [1.82, 2.24) is 0 Å². The Morgan fingerprint density at radius 1 is 1.11 bits per heavy atom. The van der Waals surface area contributed by atoms with Crippen LogP contribution in [0, 0.1) is 0 Å². The number of unbranched alkanes of at least 4 members (excludes halogenated alkanes) is 2. The summed E-state index contributed by atoms with van der Waals surface area (Å²) < 4.78 is 11.2. The molecule has 0 unspecified atom stereocenters. The monoisotopic (exact) mass is 284 g/mol. The van der Waals surface area contributed by atoms with Crippen LogP contribution in [0.4, 0.5) is 0 Å². The topological polar surface area (TPSA) is 18.5 Å². The van der Waals surface area contributed by atoms with E-state index in [2.05, 4.69) is 26.8 Å². The molecule has 1 aromatic rings.